The zero-order valence-electron chi connectivity index (χ0n) is 10.0. The van der Waals surface area contributed by atoms with Crippen LogP contribution in [0.4, 0.5) is 13.2 Å². The molecule has 0 bridgehead atoms. The van der Waals surface area contributed by atoms with Crippen molar-refractivity contribution in [3.63, 3.8) is 0 Å². The second-order valence-electron chi connectivity index (χ2n) is 4.01. The van der Waals surface area contributed by atoms with Crippen molar-refractivity contribution in [2.24, 2.45) is 0 Å². The van der Waals surface area contributed by atoms with E-state index in [1.807, 2.05) is 0 Å². The van der Waals surface area contributed by atoms with Gasteiger partial charge in [-0.25, -0.2) is 13.2 Å². The number of para-hydroxylation sites is 1. The Morgan fingerprint density at radius 1 is 1.05 bits per heavy atom. The minimum Gasteiger partial charge on any atom is -0.451 e. The minimum atomic E-state index is -0.998. The summed E-state index contributed by atoms with van der Waals surface area (Å²) in [4.78, 5) is 0. The van der Waals surface area contributed by atoms with Crippen molar-refractivity contribution in [2.45, 2.75) is 13.0 Å². The first-order chi connectivity index (χ1) is 8.99. The van der Waals surface area contributed by atoms with Crippen LogP contribution in [0.5, 0.6) is 11.5 Å². The third-order valence-corrected chi connectivity index (χ3v) is 2.55. The van der Waals surface area contributed by atoms with Gasteiger partial charge in [0, 0.05) is 11.6 Å². The van der Waals surface area contributed by atoms with E-state index < -0.39 is 29.3 Å². The number of hydrogen-bond donors (Lipinski definition) is 1. The molecule has 0 unspecified atom stereocenters. The summed E-state index contributed by atoms with van der Waals surface area (Å²) < 4.78 is 45.2. The molecular formula is C14H11F3O2. The highest BCUT2D eigenvalue weighted by Gasteiger charge is 2.16. The summed E-state index contributed by atoms with van der Waals surface area (Å²) in [5, 5.41) is 9.52. The molecule has 2 rings (SSSR count). The quantitative estimate of drug-likeness (QED) is 0.913. The lowest BCUT2D eigenvalue weighted by molar-refractivity contribution is 0.194. The number of benzene rings is 2. The molecule has 100 valence electrons. The lowest BCUT2D eigenvalue weighted by Crippen LogP contribution is -2.00. The molecule has 0 aliphatic carbocycles. The van der Waals surface area contributed by atoms with Crippen LogP contribution in [0.25, 0.3) is 0 Å². The summed E-state index contributed by atoms with van der Waals surface area (Å²) in [6.07, 6.45) is -0.998. The fourth-order valence-electron chi connectivity index (χ4n) is 1.63. The summed E-state index contributed by atoms with van der Waals surface area (Å²) in [5.74, 6) is -3.04. The second-order valence-corrected chi connectivity index (χ2v) is 4.01. The number of rotatable bonds is 3. The molecular weight excluding hydrogens is 257 g/mol. The molecule has 0 amide bonds. The molecule has 1 atom stereocenters. The molecule has 19 heavy (non-hydrogen) atoms. The Bertz CT molecular complexity index is 597. The van der Waals surface area contributed by atoms with Crippen molar-refractivity contribution in [1.82, 2.24) is 0 Å². The van der Waals surface area contributed by atoms with Gasteiger partial charge in [-0.2, -0.15) is 0 Å². The van der Waals surface area contributed by atoms with Crippen LogP contribution in [0, 0.1) is 17.5 Å². The van der Waals surface area contributed by atoms with E-state index in [2.05, 4.69) is 0 Å². The van der Waals surface area contributed by atoms with Crippen molar-refractivity contribution in [3.05, 3.63) is 59.4 Å². The lowest BCUT2D eigenvalue weighted by atomic mass is 10.1. The van der Waals surface area contributed by atoms with Gasteiger partial charge in [0.2, 0.25) is 0 Å². The van der Waals surface area contributed by atoms with Gasteiger partial charge in [0.1, 0.15) is 5.82 Å². The first kappa shape index (κ1) is 13.4. The third-order valence-electron chi connectivity index (χ3n) is 2.55. The Morgan fingerprint density at radius 2 is 1.79 bits per heavy atom. The van der Waals surface area contributed by atoms with Gasteiger partial charge in [-0.15, -0.1) is 0 Å². The van der Waals surface area contributed by atoms with Crippen molar-refractivity contribution in [2.75, 3.05) is 0 Å². The zero-order chi connectivity index (χ0) is 14.0. The average Bonchev–Trinajstić information content (AvgIpc) is 2.35. The lowest BCUT2D eigenvalue weighted by Gasteiger charge is -2.14. The van der Waals surface area contributed by atoms with Crippen molar-refractivity contribution in [1.29, 1.82) is 0 Å². The zero-order valence-corrected chi connectivity index (χ0v) is 10.0. The van der Waals surface area contributed by atoms with Crippen LogP contribution in [-0.2, 0) is 0 Å². The summed E-state index contributed by atoms with van der Waals surface area (Å²) in [7, 11) is 0. The maximum atomic E-state index is 13.7. The number of hydrogen-bond acceptors (Lipinski definition) is 2. The molecule has 0 heterocycles. The molecule has 0 spiro atoms. The van der Waals surface area contributed by atoms with Gasteiger partial charge < -0.3 is 9.84 Å². The molecule has 0 aliphatic heterocycles. The Hall–Kier alpha value is -2.01. The number of aliphatic hydroxyl groups is 1. The fourth-order valence-corrected chi connectivity index (χ4v) is 1.63. The largest absolute Gasteiger partial charge is 0.451 e. The molecule has 0 fully saturated rings. The molecule has 5 heteroatoms. The van der Waals surface area contributed by atoms with E-state index in [-0.39, 0.29) is 11.3 Å². The van der Waals surface area contributed by atoms with E-state index in [4.69, 9.17) is 4.74 Å². The molecule has 0 aromatic heterocycles. The molecule has 0 aliphatic rings. The highest BCUT2D eigenvalue weighted by Crippen LogP contribution is 2.33. The minimum absolute atomic E-state index is 0.156. The molecule has 2 aromatic rings. The number of aliphatic hydroxyl groups excluding tert-OH is 1. The van der Waals surface area contributed by atoms with Crippen molar-refractivity contribution in [3.8, 4) is 11.5 Å². The molecule has 1 N–H and O–H groups in total. The molecule has 2 aromatic carbocycles. The molecule has 2 nitrogen and oxygen atoms in total. The van der Waals surface area contributed by atoms with Gasteiger partial charge in [-0.3, -0.25) is 0 Å². The van der Waals surface area contributed by atoms with Crippen LogP contribution in [0.2, 0.25) is 0 Å². The van der Waals surface area contributed by atoms with Crippen LogP contribution in [0.1, 0.15) is 18.6 Å². The van der Waals surface area contributed by atoms with Gasteiger partial charge in [0.05, 0.1) is 6.10 Å². The van der Waals surface area contributed by atoms with Crippen LogP contribution in [0.3, 0.4) is 0 Å². The molecule has 0 saturated carbocycles. The SMILES string of the molecule is C[C@H](O)c1cccc(F)c1Oc1cc(F)ccc1F. The van der Waals surface area contributed by atoms with Gasteiger partial charge >= 0.3 is 0 Å². The van der Waals surface area contributed by atoms with Gasteiger partial charge in [-0.05, 0) is 25.1 Å². The van der Waals surface area contributed by atoms with Crippen LogP contribution in [-0.4, -0.2) is 5.11 Å². The van der Waals surface area contributed by atoms with Crippen molar-refractivity contribution >= 4 is 0 Å². The van der Waals surface area contributed by atoms with Gasteiger partial charge in [0.15, 0.2) is 23.1 Å². The van der Waals surface area contributed by atoms with Gasteiger partial charge in [0.25, 0.3) is 0 Å². The number of ether oxygens (including phenoxy) is 1. The van der Waals surface area contributed by atoms with E-state index in [0.29, 0.717) is 0 Å². The normalized spacial score (nSPS) is 12.3. The van der Waals surface area contributed by atoms with Crippen LogP contribution in [0.15, 0.2) is 36.4 Å². The monoisotopic (exact) mass is 268 g/mol. The predicted molar refractivity (Wildman–Crippen MR) is 63.5 cm³/mol. The topological polar surface area (TPSA) is 29.5 Å². The van der Waals surface area contributed by atoms with E-state index >= 15 is 0 Å². The highest BCUT2D eigenvalue weighted by molar-refractivity contribution is 5.40. The summed E-state index contributed by atoms with van der Waals surface area (Å²) in [6, 6.07) is 6.57. The fraction of sp³-hybridized carbons (Fsp3) is 0.143. The molecule has 0 radical (unpaired) electrons. The summed E-state index contributed by atoms with van der Waals surface area (Å²) in [6.45, 7) is 1.42. The third kappa shape index (κ3) is 2.88. The van der Waals surface area contributed by atoms with E-state index in [1.54, 1.807) is 0 Å². The maximum Gasteiger partial charge on any atom is 0.168 e. The Labute approximate surface area is 108 Å². The first-order valence-electron chi connectivity index (χ1n) is 5.58. The Morgan fingerprint density at radius 3 is 2.47 bits per heavy atom. The smallest absolute Gasteiger partial charge is 0.168 e. The highest BCUT2D eigenvalue weighted by atomic mass is 19.1. The van der Waals surface area contributed by atoms with Crippen LogP contribution >= 0.6 is 0 Å². The first-order valence-corrected chi connectivity index (χ1v) is 5.58. The van der Waals surface area contributed by atoms with E-state index in [9.17, 15) is 18.3 Å². The van der Waals surface area contributed by atoms with E-state index in [0.717, 1.165) is 24.3 Å². The van der Waals surface area contributed by atoms with Crippen molar-refractivity contribution < 1.29 is 23.0 Å². The molecule has 0 saturated heterocycles. The van der Waals surface area contributed by atoms with Crippen LogP contribution < -0.4 is 4.74 Å². The number of halogens is 3. The maximum absolute atomic E-state index is 13.7. The predicted octanol–water partition coefficient (Wildman–Crippen LogP) is 3.95. The summed E-state index contributed by atoms with van der Waals surface area (Å²) in [5.41, 5.74) is 0.156. The Kier molecular flexibility index (Phi) is 3.76. The van der Waals surface area contributed by atoms with Gasteiger partial charge in [-0.1, -0.05) is 12.1 Å². The Balaban J connectivity index is 2.46. The summed E-state index contributed by atoms with van der Waals surface area (Å²) >= 11 is 0. The standard InChI is InChI=1S/C14H11F3O2/c1-8(18)10-3-2-4-12(17)14(10)19-13-7-9(15)5-6-11(13)16/h2-8,18H,1H3/t8-/m0/s1. The average molecular weight is 268 g/mol. The van der Waals surface area contributed by atoms with E-state index in [1.165, 1.54) is 19.1 Å². The second kappa shape index (κ2) is 5.32.